The van der Waals surface area contributed by atoms with Gasteiger partial charge in [0.05, 0.1) is 0 Å². The molecule has 194 valence electrons. The number of nitrogens with zero attached hydrogens (tertiary/aromatic N) is 4. The number of carbonyl (C=O) groups is 4. The van der Waals surface area contributed by atoms with E-state index in [-0.39, 0.29) is 23.1 Å². The molecule has 16 heteroatoms. The zero-order chi connectivity index (χ0) is 26.9. The second kappa shape index (κ2) is 10.2. The van der Waals surface area contributed by atoms with Gasteiger partial charge >= 0.3 is 17.7 Å². The summed E-state index contributed by atoms with van der Waals surface area (Å²) in [7, 11) is 0. The van der Waals surface area contributed by atoms with Crippen molar-refractivity contribution < 1.29 is 43.9 Å². The molecule has 1 unspecified atom stereocenters. The summed E-state index contributed by atoms with van der Waals surface area (Å²) in [6.07, 6.45) is 3.56. The van der Waals surface area contributed by atoms with Gasteiger partial charge in [0.2, 0.25) is 0 Å². The molecule has 0 saturated carbocycles. The molecule has 37 heavy (non-hydrogen) atoms. The number of carbonyl (C=O) groups excluding carboxylic acids is 2. The van der Waals surface area contributed by atoms with E-state index in [1.165, 1.54) is 17.1 Å². The van der Waals surface area contributed by atoms with E-state index in [0.29, 0.717) is 11.3 Å². The highest BCUT2D eigenvalue weighted by atomic mass is 32.2. The third kappa shape index (κ3) is 5.25. The van der Waals surface area contributed by atoms with E-state index in [0.717, 1.165) is 23.2 Å². The van der Waals surface area contributed by atoms with Gasteiger partial charge in [0.15, 0.2) is 29.8 Å². The van der Waals surface area contributed by atoms with Crippen molar-refractivity contribution in [1.82, 2.24) is 15.2 Å². The maximum absolute atomic E-state index is 13.0. The lowest BCUT2D eigenvalue weighted by Crippen LogP contribution is -2.71. The zero-order valence-electron chi connectivity index (χ0n) is 19.1. The number of thioether (sulfide) groups is 1. The number of anilines is 1. The van der Waals surface area contributed by atoms with Gasteiger partial charge in [-0.15, -0.1) is 23.1 Å². The highest BCUT2D eigenvalue weighted by Crippen LogP contribution is 2.40. The smallest absolute Gasteiger partial charge is 0.379 e. The molecular formula is C21H21N6O8S2+. The van der Waals surface area contributed by atoms with E-state index in [1.54, 1.807) is 29.1 Å². The summed E-state index contributed by atoms with van der Waals surface area (Å²) in [6, 6.07) is 4.33. The van der Waals surface area contributed by atoms with Gasteiger partial charge in [0, 0.05) is 35.8 Å². The monoisotopic (exact) mass is 549 g/mol. The van der Waals surface area contributed by atoms with Crippen molar-refractivity contribution in [3.63, 3.8) is 0 Å². The summed E-state index contributed by atoms with van der Waals surface area (Å²) in [5.41, 5.74) is 5.40. The van der Waals surface area contributed by atoms with Crippen LogP contribution in [0.25, 0.3) is 0 Å². The number of aliphatic carboxylic acids is 2. The zero-order valence-corrected chi connectivity index (χ0v) is 20.7. The van der Waals surface area contributed by atoms with Gasteiger partial charge < -0.3 is 31.2 Å². The molecular weight excluding hydrogens is 528 g/mol. The maximum atomic E-state index is 13.0. The number of hydrogen-bond acceptors (Lipinski definition) is 11. The predicted molar refractivity (Wildman–Crippen MR) is 129 cm³/mol. The summed E-state index contributed by atoms with van der Waals surface area (Å²) < 4.78 is 1.79. The van der Waals surface area contributed by atoms with Crippen LogP contribution in [0.3, 0.4) is 0 Å². The number of fused-ring (bicyclic) bond motifs is 1. The fourth-order valence-electron chi connectivity index (χ4n) is 3.55. The molecule has 2 aromatic rings. The summed E-state index contributed by atoms with van der Waals surface area (Å²) in [6.45, 7) is 1.08. The van der Waals surface area contributed by atoms with E-state index in [9.17, 15) is 29.4 Å². The van der Waals surface area contributed by atoms with Gasteiger partial charge in [-0.1, -0.05) is 11.2 Å². The van der Waals surface area contributed by atoms with Gasteiger partial charge in [-0.3, -0.25) is 14.5 Å². The number of pyridine rings is 1. The molecule has 1 saturated heterocycles. The SMILES string of the molecule is CC(O)(ON=C(C(=O)N[C@@H]1C(=O)N2C(C(=O)O)=C(C[n+]3ccccc3)CS[C@H]12)c1csc(N)n1)C(=O)O. The number of aromatic nitrogens is 2. The molecule has 2 aliphatic heterocycles. The number of amides is 2. The van der Waals surface area contributed by atoms with Crippen molar-refractivity contribution >= 4 is 57.7 Å². The minimum absolute atomic E-state index is 0.0746. The molecule has 0 aromatic carbocycles. The predicted octanol–water partition coefficient (Wildman–Crippen LogP) is -1.03. The fourth-order valence-corrected chi connectivity index (χ4v) is 5.43. The Morgan fingerprint density at radius 3 is 2.62 bits per heavy atom. The quantitative estimate of drug-likeness (QED) is 0.0839. The minimum atomic E-state index is -2.75. The Morgan fingerprint density at radius 1 is 1.32 bits per heavy atom. The van der Waals surface area contributed by atoms with Crippen LogP contribution in [0.2, 0.25) is 0 Å². The number of thiazole rings is 1. The molecule has 3 atom stereocenters. The molecule has 2 aliphatic rings. The largest absolute Gasteiger partial charge is 0.477 e. The molecule has 0 radical (unpaired) electrons. The van der Waals surface area contributed by atoms with Gasteiger partial charge in [-0.25, -0.2) is 19.1 Å². The van der Waals surface area contributed by atoms with Gasteiger partial charge in [-0.05, 0) is 0 Å². The number of nitrogens with two attached hydrogens (primary N) is 1. The third-order valence-electron chi connectivity index (χ3n) is 5.38. The normalized spacial score (nSPS) is 21.0. The van der Waals surface area contributed by atoms with Crippen LogP contribution in [0.1, 0.15) is 12.6 Å². The first-order valence-corrected chi connectivity index (χ1v) is 12.5. The molecule has 14 nitrogen and oxygen atoms in total. The standard InChI is InChI=1S/C21H20N6O8S2/c1-21(34,19(32)33)35-25-12(11-9-37-20(22)23-11)15(28)24-13-16(29)27-14(18(30)31)10(8-36-17(13)27)7-26-5-3-2-4-6-26/h2-6,9,13,17,34H,7-8H2,1H3,(H4-,22,23,24,28,30,31,32,33)/p+1/t13-,17-,21?/m1/s1. The highest BCUT2D eigenvalue weighted by Gasteiger charge is 2.55. The Hall–Kier alpha value is -4.02. The number of aliphatic hydroxyl groups is 1. The molecule has 4 rings (SSSR count). The number of rotatable bonds is 9. The Kier molecular flexibility index (Phi) is 7.15. The van der Waals surface area contributed by atoms with Crippen molar-refractivity contribution in [3.8, 4) is 0 Å². The first-order valence-electron chi connectivity index (χ1n) is 10.6. The second-order valence-corrected chi connectivity index (χ2v) is 10.1. The van der Waals surface area contributed by atoms with Crippen molar-refractivity contribution in [3.05, 3.63) is 52.9 Å². The molecule has 0 bridgehead atoms. The summed E-state index contributed by atoms with van der Waals surface area (Å²) in [4.78, 5) is 58.9. The highest BCUT2D eigenvalue weighted by molar-refractivity contribution is 8.00. The van der Waals surface area contributed by atoms with Crippen LogP contribution in [0.5, 0.6) is 0 Å². The Morgan fingerprint density at radius 2 is 2.03 bits per heavy atom. The number of β-lactam (4-membered cyclic amide) rings is 1. The molecule has 0 spiro atoms. The molecule has 2 aromatic heterocycles. The maximum Gasteiger partial charge on any atom is 0.379 e. The van der Waals surface area contributed by atoms with Gasteiger partial charge in [-0.2, -0.15) is 0 Å². The van der Waals surface area contributed by atoms with Crippen molar-refractivity contribution in [2.75, 3.05) is 11.5 Å². The van der Waals surface area contributed by atoms with Crippen molar-refractivity contribution in [1.29, 1.82) is 0 Å². The molecule has 6 N–H and O–H groups in total. The van der Waals surface area contributed by atoms with Crippen LogP contribution in [-0.4, -0.2) is 77.6 Å². The van der Waals surface area contributed by atoms with E-state index >= 15 is 0 Å². The van der Waals surface area contributed by atoms with Crippen LogP contribution < -0.4 is 15.6 Å². The fraction of sp³-hybridized carbons (Fsp3) is 0.286. The van der Waals surface area contributed by atoms with Crippen molar-refractivity contribution in [2.24, 2.45) is 5.16 Å². The lowest BCUT2D eigenvalue weighted by atomic mass is 10.0. The minimum Gasteiger partial charge on any atom is -0.477 e. The summed E-state index contributed by atoms with van der Waals surface area (Å²) in [5, 5.41) is 35.3. The van der Waals surface area contributed by atoms with Crippen LogP contribution in [-0.2, 0) is 30.6 Å². The first-order chi connectivity index (χ1) is 17.5. The molecule has 2 amide bonds. The Balaban J connectivity index is 1.55. The first kappa shape index (κ1) is 26.1. The van der Waals surface area contributed by atoms with E-state index in [1.807, 2.05) is 6.07 Å². The molecule has 1 fully saturated rings. The molecule has 4 heterocycles. The van der Waals surface area contributed by atoms with E-state index < -0.39 is 46.7 Å². The summed E-state index contributed by atoms with van der Waals surface area (Å²) >= 11 is 2.25. The third-order valence-corrected chi connectivity index (χ3v) is 7.39. The number of nitrogen functional groups attached to an aromatic ring is 1. The lowest BCUT2D eigenvalue weighted by Gasteiger charge is -2.49. The van der Waals surface area contributed by atoms with Crippen molar-refractivity contribution in [2.45, 2.75) is 30.7 Å². The Bertz CT molecular complexity index is 1330. The van der Waals surface area contributed by atoms with E-state index in [4.69, 9.17) is 10.8 Å². The topological polar surface area (TPSA) is 209 Å². The number of oxime groups is 1. The van der Waals surface area contributed by atoms with Crippen LogP contribution in [0, 0.1) is 0 Å². The number of nitrogens with one attached hydrogen (secondary N) is 1. The molecule has 0 aliphatic carbocycles. The van der Waals surface area contributed by atoms with Crippen LogP contribution >= 0.6 is 23.1 Å². The average molecular weight is 550 g/mol. The van der Waals surface area contributed by atoms with Gasteiger partial charge in [0.1, 0.15) is 22.8 Å². The number of hydrogen-bond donors (Lipinski definition) is 5. The van der Waals surface area contributed by atoms with Gasteiger partial charge in [0.25, 0.3) is 11.8 Å². The van der Waals surface area contributed by atoms with Crippen LogP contribution in [0.15, 0.2) is 52.4 Å². The lowest BCUT2D eigenvalue weighted by molar-refractivity contribution is -0.689. The average Bonchev–Trinajstić information content (AvgIpc) is 3.28. The number of carboxylic acid groups (broad SMARTS) is 2. The Labute approximate surface area is 217 Å². The van der Waals surface area contributed by atoms with E-state index in [2.05, 4.69) is 20.3 Å². The van der Waals surface area contributed by atoms with Crippen LogP contribution in [0.4, 0.5) is 5.13 Å². The summed E-state index contributed by atoms with van der Waals surface area (Å²) in [5.74, 6) is -7.07. The second-order valence-electron chi connectivity index (χ2n) is 8.06. The number of carboxylic acids is 2.